The predicted molar refractivity (Wildman–Crippen MR) is 56.7 cm³/mol. The fraction of sp³-hybridized carbons (Fsp3) is 0.667. The summed E-state index contributed by atoms with van der Waals surface area (Å²) < 4.78 is 4.76. The summed E-state index contributed by atoms with van der Waals surface area (Å²) >= 11 is 1.64. The van der Waals surface area contributed by atoms with Crippen molar-refractivity contribution in [2.75, 3.05) is 18.1 Å². The van der Waals surface area contributed by atoms with Crippen LogP contribution in [0.1, 0.15) is 13.3 Å². The normalized spacial score (nSPS) is 12.2. The Bertz CT molecular complexity index is 162. The highest BCUT2D eigenvalue weighted by atomic mass is 32.2. The van der Waals surface area contributed by atoms with Crippen LogP contribution in [0.5, 0.6) is 0 Å². The Morgan fingerprint density at radius 2 is 2.46 bits per heavy atom. The molecular formula is C9H17NO2S. The molecule has 1 atom stereocenters. The minimum Gasteiger partial charge on any atom is -0.465 e. The van der Waals surface area contributed by atoms with Gasteiger partial charge in [-0.05, 0) is 19.1 Å². The fourth-order valence-electron chi connectivity index (χ4n) is 0.694. The van der Waals surface area contributed by atoms with Crippen LogP contribution in [0.2, 0.25) is 0 Å². The van der Waals surface area contributed by atoms with Gasteiger partial charge in [0.2, 0.25) is 0 Å². The third-order valence-corrected chi connectivity index (χ3v) is 2.47. The van der Waals surface area contributed by atoms with Crippen LogP contribution in [0, 0.1) is 0 Å². The molecule has 0 saturated heterocycles. The maximum Gasteiger partial charge on any atom is 0.323 e. The number of carbonyl (C=O) groups is 1. The number of hydrogen-bond donors (Lipinski definition) is 1. The lowest BCUT2D eigenvalue weighted by Crippen LogP contribution is -2.34. The lowest BCUT2D eigenvalue weighted by Gasteiger charge is -2.09. The second-order valence-corrected chi connectivity index (χ2v) is 3.66. The zero-order valence-electron chi connectivity index (χ0n) is 7.99. The van der Waals surface area contributed by atoms with Crippen LogP contribution in [0.15, 0.2) is 12.7 Å². The van der Waals surface area contributed by atoms with Gasteiger partial charge in [-0.2, -0.15) is 11.8 Å². The molecule has 0 heterocycles. The number of thioether (sulfide) groups is 1. The maximum absolute atomic E-state index is 11.0. The lowest BCUT2D eigenvalue weighted by atomic mass is 10.4. The molecule has 0 fully saturated rings. The summed E-state index contributed by atoms with van der Waals surface area (Å²) in [5.41, 5.74) is 5.56. The van der Waals surface area contributed by atoms with Gasteiger partial charge in [-0.3, -0.25) is 4.79 Å². The van der Waals surface area contributed by atoms with E-state index in [1.165, 1.54) is 0 Å². The number of ether oxygens (including phenoxy) is 1. The van der Waals surface area contributed by atoms with Crippen LogP contribution in [0.3, 0.4) is 0 Å². The third-order valence-electron chi connectivity index (χ3n) is 1.35. The molecule has 0 bridgehead atoms. The van der Waals surface area contributed by atoms with Gasteiger partial charge in [0.05, 0.1) is 6.61 Å². The smallest absolute Gasteiger partial charge is 0.323 e. The Morgan fingerprint density at radius 1 is 1.77 bits per heavy atom. The molecule has 0 aliphatic heterocycles. The largest absolute Gasteiger partial charge is 0.465 e. The second kappa shape index (κ2) is 8.13. The minimum absolute atomic E-state index is 0.311. The molecule has 2 N–H and O–H groups in total. The van der Waals surface area contributed by atoms with Gasteiger partial charge in [-0.1, -0.05) is 6.08 Å². The first kappa shape index (κ1) is 12.5. The van der Waals surface area contributed by atoms with Gasteiger partial charge in [-0.25, -0.2) is 0 Å². The molecule has 0 aromatic carbocycles. The zero-order chi connectivity index (χ0) is 10.1. The van der Waals surface area contributed by atoms with E-state index in [9.17, 15) is 4.79 Å². The van der Waals surface area contributed by atoms with E-state index in [1.807, 2.05) is 6.08 Å². The highest BCUT2D eigenvalue weighted by Gasteiger charge is 2.13. The lowest BCUT2D eigenvalue weighted by molar-refractivity contribution is -0.144. The number of esters is 1. The highest BCUT2D eigenvalue weighted by Crippen LogP contribution is 2.04. The number of allylic oxidation sites excluding steroid dienone is 1. The monoisotopic (exact) mass is 203 g/mol. The molecule has 0 aromatic heterocycles. The van der Waals surface area contributed by atoms with Crippen LogP contribution in [-0.4, -0.2) is 30.1 Å². The second-order valence-electron chi connectivity index (χ2n) is 2.51. The van der Waals surface area contributed by atoms with E-state index in [4.69, 9.17) is 10.5 Å². The molecule has 4 heteroatoms. The first-order valence-electron chi connectivity index (χ1n) is 4.33. The molecule has 1 unspecified atom stereocenters. The van der Waals surface area contributed by atoms with Crippen molar-refractivity contribution in [1.82, 2.24) is 0 Å². The first-order chi connectivity index (χ1) is 6.22. The molecule has 0 aliphatic rings. The van der Waals surface area contributed by atoms with Crippen molar-refractivity contribution in [3.8, 4) is 0 Å². The third kappa shape index (κ3) is 6.66. The Morgan fingerprint density at radius 3 is 3.00 bits per heavy atom. The van der Waals surface area contributed by atoms with E-state index < -0.39 is 6.04 Å². The van der Waals surface area contributed by atoms with E-state index in [0.29, 0.717) is 12.4 Å². The average Bonchev–Trinajstić information content (AvgIpc) is 2.12. The summed E-state index contributed by atoms with van der Waals surface area (Å²) in [6.45, 7) is 5.77. The van der Waals surface area contributed by atoms with E-state index in [0.717, 1.165) is 12.2 Å². The van der Waals surface area contributed by atoms with Crippen molar-refractivity contribution in [1.29, 1.82) is 0 Å². The van der Waals surface area contributed by atoms with Crippen molar-refractivity contribution in [2.45, 2.75) is 19.4 Å². The fourth-order valence-corrected chi connectivity index (χ4v) is 1.58. The molecule has 0 spiro atoms. The van der Waals surface area contributed by atoms with Gasteiger partial charge in [0.1, 0.15) is 6.04 Å². The quantitative estimate of drug-likeness (QED) is 0.383. The molecule has 13 heavy (non-hydrogen) atoms. The summed E-state index contributed by atoms with van der Waals surface area (Å²) in [5, 5.41) is 0. The standard InChI is InChI=1S/C9H17NO2S/c1-3-5-6-13-7-8(10)9(11)12-4-2/h3,8H,1,4-7,10H2,2H3. The van der Waals surface area contributed by atoms with E-state index in [1.54, 1.807) is 18.7 Å². The Hall–Kier alpha value is -0.480. The summed E-state index contributed by atoms with van der Waals surface area (Å²) in [5.74, 6) is 1.26. The van der Waals surface area contributed by atoms with Crippen LogP contribution in [-0.2, 0) is 9.53 Å². The summed E-state index contributed by atoms with van der Waals surface area (Å²) in [7, 11) is 0. The number of hydrogen-bond acceptors (Lipinski definition) is 4. The van der Waals surface area contributed by atoms with E-state index in [-0.39, 0.29) is 5.97 Å². The summed E-state index contributed by atoms with van der Waals surface area (Å²) in [6, 6.07) is -0.491. The minimum atomic E-state index is -0.491. The van der Waals surface area contributed by atoms with Gasteiger partial charge in [0.25, 0.3) is 0 Å². The Balaban J connectivity index is 3.43. The van der Waals surface area contributed by atoms with Gasteiger partial charge in [0.15, 0.2) is 0 Å². The molecule has 3 nitrogen and oxygen atoms in total. The first-order valence-corrected chi connectivity index (χ1v) is 5.48. The summed E-state index contributed by atoms with van der Waals surface area (Å²) in [6.07, 6.45) is 2.79. The predicted octanol–water partition coefficient (Wildman–Crippen LogP) is 1.19. The van der Waals surface area contributed by atoms with Crippen LogP contribution in [0.25, 0.3) is 0 Å². The van der Waals surface area contributed by atoms with Crippen molar-refractivity contribution in [3.63, 3.8) is 0 Å². The highest BCUT2D eigenvalue weighted by molar-refractivity contribution is 7.99. The van der Waals surface area contributed by atoms with E-state index in [2.05, 4.69) is 6.58 Å². The van der Waals surface area contributed by atoms with Crippen LogP contribution in [0.4, 0.5) is 0 Å². The molecule has 0 amide bonds. The zero-order valence-corrected chi connectivity index (χ0v) is 8.81. The average molecular weight is 203 g/mol. The van der Waals surface area contributed by atoms with Crippen molar-refractivity contribution in [3.05, 3.63) is 12.7 Å². The summed E-state index contributed by atoms with van der Waals surface area (Å²) in [4.78, 5) is 11.0. The van der Waals surface area contributed by atoms with Gasteiger partial charge < -0.3 is 10.5 Å². The molecule has 76 valence electrons. The van der Waals surface area contributed by atoms with Crippen molar-refractivity contribution in [2.24, 2.45) is 5.73 Å². The van der Waals surface area contributed by atoms with Crippen molar-refractivity contribution >= 4 is 17.7 Å². The molecule has 0 aliphatic carbocycles. The Kier molecular flexibility index (Phi) is 7.83. The number of rotatable bonds is 7. The number of carbonyl (C=O) groups excluding carboxylic acids is 1. The topological polar surface area (TPSA) is 52.3 Å². The molecule has 0 aromatic rings. The van der Waals surface area contributed by atoms with Crippen LogP contribution >= 0.6 is 11.8 Å². The van der Waals surface area contributed by atoms with Gasteiger partial charge >= 0.3 is 5.97 Å². The molecular weight excluding hydrogens is 186 g/mol. The van der Waals surface area contributed by atoms with Gasteiger partial charge in [-0.15, -0.1) is 6.58 Å². The SMILES string of the molecule is C=CCCSCC(N)C(=O)OCC. The van der Waals surface area contributed by atoms with Crippen LogP contribution < -0.4 is 5.73 Å². The molecule has 0 radical (unpaired) electrons. The number of nitrogens with two attached hydrogens (primary N) is 1. The van der Waals surface area contributed by atoms with Crippen molar-refractivity contribution < 1.29 is 9.53 Å². The molecule has 0 rings (SSSR count). The maximum atomic E-state index is 11.0. The Labute approximate surface area is 83.7 Å². The van der Waals surface area contributed by atoms with E-state index >= 15 is 0 Å². The molecule has 0 saturated carbocycles. The van der Waals surface area contributed by atoms with Gasteiger partial charge in [0, 0.05) is 5.75 Å².